The van der Waals surface area contributed by atoms with Crippen LogP contribution in [0.25, 0.3) is 0 Å². The molecule has 0 radical (unpaired) electrons. The van der Waals surface area contributed by atoms with E-state index in [1.165, 1.54) is 16.7 Å². The highest BCUT2D eigenvalue weighted by molar-refractivity contribution is 6.31. The molecule has 0 N–H and O–H groups in total. The lowest BCUT2D eigenvalue weighted by molar-refractivity contribution is 0.922. The topological polar surface area (TPSA) is 0 Å². The van der Waals surface area contributed by atoms with E-state index in [9.17, 15) is 0 Å². The van der Waals surface area contributed by atoms with Crippen molar-refractivity contribution in [2.45, 2.75) is 19.8 Å². The summed E-state index contributed by atoms with van der Waals surface area (Å²) in [6, 6.07) is 16.7. The van der Waals surface area contributed by atoms with Crippen LogP contribution in [0.5, 0.6) is 0 Å². The summed E-state index contributed by atoms with van der Waals surface area (Å²) in [7, 11) is 0. The Kier molecular flexibility index (Phi) is 3.31. The number of aryl methyl sites for hydroxylation is 1. The number of halogens is 1. The van der Waals surface area contributed by atoms with Crippen LogP contribution in [0.1, 0.15) is 29.5 Å². The van der Waals surface area contributed by atoms with Crippen molar-refractivity contribution in [3.8, 4) is 0 Å². The molecule has 0 saturated heterocycles. The van der Waals surface area contributed by atoms with Gasteiger partial charge >= 0.3 is 0 Å². The van der Waals surface area contributed by atoms with Gasteiger partial charge in [0.15, 0.2) is 0 Å². The zero-order valence-electron chi connectivity index (χ0n) is 9.57. The van der Waals surface area contributed by atoms with Gasteiger partial charge in [-0.25, -0.2) is 0 Å². The number of rotatable bonds is 2. The van der Waals surface area contributed by atoms with Gasteiger partial charge in [-0.2, -0.15) is 0 Å². The smallest absolute Gasteiger partial charge is 0.0444 e. The number of benzene rings is 2. The van der Waals surface area contributed by atoms with Gasteiger partial charge < -0.3 is 0 Å². The predicted octanol–water partition coefficient (Wildman–Crippen LogP) is 4.80. The molecule has 0 aliphatic carbocycles. The van der Waals surface area contributed by atoms with Crippen LogP contribution < -0.4 is 0 Å². The van der Waals surface area contributed by atoms with E-state index in [0.717, 1.165) is 5.02 Å². The van der Waals surface area contributed by atoms with Crippen LogP contribution in [-0.2, 0) is 0 Å². The standard InChI is InChI=1S/C15H15Cl/c1-11-7-9-13(10-8-11)12(2)14-5-3-4-6-15(14)16/h3-10,12H,1-2H3. The predicted molar refractivity (Wildman–Crippen MR) is 70.1 cm³/mol. The Balaban J connectivity index is 2.35. The van der Waals surface area contributed by atoms with Crippen molar-refractivity contribution in [3.05, 3.63) is 70.2 Å². The molecule has 0 aliphatic rings. The van der Waals surface area contributed by atoms with Gasteiger partial charge in [0, 0.05) is 10.9 Å². The molecule has 1 heteroatoms. The van der Waals surface area contributed by atoms with Gasteiger partial charge in [0.25, 0.3) is 0 Å². The molecule has 0 bridgehead atoms. The zero-order chi connectivity index (χ0) is 11.5. The summed E-state index contributed by atoms with van der Waals surface area (Å²) in [5, 5.41) is 0.843. The van der Waals surface area contributed by atoms with Crippen molar-refractivity contribution in [1.29, 1.82) is 0 Å². The van der Waals surface area contributed by atoms with Crippen LogP contribution in [0.3, 0.4) is 0 Å². The minimum atomic E-state index is 0.342. The van der Waals surface area contributed by atoms with Crippen molar-refractivity contribution in [3.63, 3.8) is 0 Å². The second-order valence-corrected chi connectivity index (χ2v) is 4.56. The number of hydrogen-bond donors (Lipinski definition) is 0. The van der Waals surface area contributed by atoms with E-state index in [4.69, 9.17) is 11.6 Å². The fourth-order valence-electron chi connectivity index (χ4n) is 1.86. The van der Waals surface area contributed by atoms with Crippen LogP contribution in [0.2, 0.25) is 5.02 Å². The van der Waals surface area contributed by atoms with E-state index >= 15 is 0 Å². The highest BCUT2D eigenvalue weighted by Crippen LogP contribution is 2.29. The molecule has 1 unspecified atom stereocenters. The van der Waals surface area contributed by atoms with Gasteiger partial charge in [0.1, 0.15) is 0 Å². The first-order valence-electron chi connectivity index (χ1n) is 5.49. The summed E-state index contributed by atoms with van der Waals surface area (Å²) in [5.41, 5.74) is 3.78. The Hall–Kier alpha value is -1.27. The summed E-state index contributed by atoms with van der Waals surface area (Å²) >= 11 is 6.20. The molecule has 0 saturated carbocycles. The quantitative estimate of drug-likeness (QED) is 0.695. The van der Waals surface area contributed by atoms with E-state index in [1.807, 2.05) is 18.2 Å². The van der Waals surface area contributed by atoms with E-state index < -0.39 is 0 Å². The van der Waals surface area contributed by atoms with E-state index in [1.54, 1.807) is 0 Å². The maximum atomic E-state index is 6.20. The average Bonchev–Trinajstić information content (AvgIpc) is 2.30. The van der Waals surface area contributed by atoms with Gasteiger partial charge in [0.05, 0.1) is 0 Å². The third-order valence-electron chi connectivity index (χ3n) is 2.95. The minimum Gasteiger partial charge on any atom is -0.0840 e. The second kappa shape index (κ2) is 4.71. The van der Waals surface area contributed by atoms with Crippen molar-refractivity contribution in [1.82, 2.24) is 0 Å². The lowest BCUT2D eigenvalue weighted by atomic mass is 9.93. The van der Waals surface area contributed by atoms with Gasteiger partial charge in [-0.15, -0.1) is 0 Å². The Morgan fingerprint density at radius 1 is 0.938 bits per heavy atom. The third kappa shape index (κ3) is 2.28. The fourth-order valence-corrected chi connectivity index (χ4v) is 2.16. The molecule has 1 atom stereocenters. The Bertz CT molecular complexity index is 471. The van der Waals surface area contributed by atoms with E-state index in [2.05, 4.69) is 44.2 Å². The first kappa shape index (κ1) is 11.2. The molecule has 2 rings (SSSR count). The average molecular weight is 231 g/mol. The molecule has 16 heavy (non-hydrogen) atoms. The Morgan fingerprint density at radius 2 is 1.56 bits per heavy atom. The first-order valence-corrected chi connectivity index (χ1v) is 5.87. The van der Waals surface area contributed by atoms with Gasteiger partial charge in [-0.3, -0.25) is 0 Å². The van der Waals surface area contributed by atoms with Crippen LogP contribution >= 0.6 is 11.6 Å². The normalized spacial score (nSPS) is 12.4. The monoisotopic (exact) mass is 230 g/mol. The summed E-state index contributed by atoms with van der Waals surface area (Å²) in [5.74, 6) is 0.342. The van der Waals surface area contributed by atoms with Gasteiger partial charge in [0.2, 0.25) is 0 Å². The van der Waals surface area contributed by atoms with Crippen LogP contribution in [0, 0.1) is 6.92 Å². The highest BCUT2D eigenvalue weighted by Gasteiger charge is 2.10. The molecule has 0 aliphatic heterocycles. The lowest BCUT2D eigenvalue weighted by Gasteiger charge is -2.14. The molecule has 0 heterocycles. The molecule has 2 aromatic carbocycles. The van der Waals surface area contributed by atoms with Crippen LogP contribution in [-0.4, -0.2) is 0 Å². The summed E-state index contributed by atoms with van der Waals surface area (Å²) in [4.78, 5) is 0. The first-order chi connectivity index (χ1) is 7.68. The van der Waals surface area contributed by atoms with Crippen molar-refractivity contribution in [2.24, 2.45) is 0 Å². The molecular weight excluding hydrogens is 216 g/mol. The maximum absolute atomic E-state index is 6.20. The molecule has 0 spiro atoms. The molecule has 0 fully saturated rings. The molecular formula is C15H15Cl. The Morgan fingerprint density at radius 3 is 2.19 bits per heavy atom. The largest absolute Gasteiger partial charge is 0.0840 e. The molecule has 0 aromatic heterocycles. The summed E-state index contributed by atoms with van der Waals surface area (Å²) in [6.45, 7) is 4.29. The van der Waals surface area contributed by atoms with Crippen LogP contribution in [0.4, 0.5) is 0 Å². The maximum Gasteiger partial charge on any atom is 0.0444 e. The molecule has 0 nitrogen and oxygen atoms in total. The van der Waals surface area contributed by atoms with E-state index in [-0.39, 0.29) is 0 Å². The fraction of sp³-hybridized carbons (Fsp3) is 0.200. The molecule has 2 aromatic rings. The lowest BCUT2D eigenvalue weighted by Crippen LogP contribution is -1.96. The van der Waals surface area contributed by atoms with Crippen molar-refractivity contribution >= 4 is 11.6 Å². The van der Waals surface area contributed by atoms with Gasteiger partial charge in [-0.05, 0) is 24.1 Å². The highest BCUT2D eigenvalue weighted by atomic mass is 35.5. The Labute approximate surface area is 102 Å². The summed E-state index contributed by atoms with van der Waals surface area (Å²) < 4.78 is 0. The summed E-state index contributed by atoms with van der Waals surface area (Å²) in [6.07, 6.45) is 0. The number of hydrogen-bond acceptors (Lipinski definition) is 0. The zero-order valence-corrected chi connectivity index (χ0v) is 10.3. The van der Waals surface area contributed by atoms with Gasteiger partial charge in [-0.1, -0.05) is 66.6 Å². The minimum absolute atomic E-state index is 0.342. The molecule has 82 valence electrons. The van der Waals surface area contributed by atoms with Crippen molar-refractivity contribution in [2.75, 3.05) is 0 Å². The third-order valence-corrected chi connectivity index (χ3v) is 3.29. The van der Waals surface area contributed by atoms with E-state index in [0.29, 0.717) is 5.92 Å². The second-order valence-electron chi connectivity index (χ2n) is 4.15. The van der Waals surface area contributed by atoms with Crippen molar-refractivity contribution < 1.29 is 0 Å². The SMILES string of the molecule is Cc1ccc(C(C)c2ccccc2Cl)cc1. The molecule has 0 amide bonds. The van der Waals surface area contributed by atoms with Crippen LogP contribution in [0.15, 0.2) is 48.5 Å².